The van der Waals surface area contributed by atoms with Crippen LogP contribution in [0, 0.1) is 12.3 Å². The summed E-state index contributed by atoms with van der Waals surface area (Å²) >= 11 is 2.28. The van der Waals surface area contributed by atoms with Crippen LogP contribution in [0.25, 0.3) is 0 Å². The molecule has 0 aliphatic rings. The number of ether oxygens (including phenoxy) is 11. The molecule has 12 heteroatoms. The van der Waals surface area contributed by atoms with Crippen molar-refractivity contribution in [2.24, 2.45) is 0 Å². The molecule has 0 aliphatic heterocycles. The molecule has 0 rings (SSSR count). The third kappa shape index (κ3) is 35.9. The van der Waals surface area contributed by atoms with Gasteiger partial charge in [0.1, 0.15) is 6.61 Å². The van der Waals surface area contributed by atoms with E-state index in [1.54, 1.807) is 0 Å². The summed E-state index contributed by atoms with van der Waals surface area (Å²) in [7, 11) is 0. The molecule has 0 amide bonds. The number of halogens is 1. The SMILES string of the molecule is C#CCOCCOCCOCCOCCOCCOCCOCCOCCOCCOCCOCCI. The molecule has 0 aromatic carbocycles. The summed E-state index contributed by atoms with van der Waals surface area (Å²) in [6.07, 6.45) is 5.07. The lowest BCUT2D eigenvalue weighted by Crippen LogP contribution is -2.15. The van der Waals surface area contributed by atoms with E-state index < -0.39 is 0 Å². The zero-order valence-corrected chi connectivity index (χ0v) is 24.4. The van der Waals surface area contributed by atoms with Gasteiger partial charge in [-0.25, -0.2) is 0 Å². The number of alkyl halides is 1. The van der Waals surface area contributed by atoms with Crippen molar-refractivity contribution in [3.63, 3.8) is 0 Å². The third-order valence-electron chi connectivity index (χ3n) is 4.13. The summed E-state index contributed by atoms with van der Waals surface area (Å²) in [5.74, 6) is 2.40. The molecule has 0 aromatic rings. The Morgan fingerprint density at radius 3 is 0.703 bits per heavy atom. The maximum absolute atomic E-state index is 5.45. The molecule has 0 bridgehead atoms. The number of rotatable bonds is 33. The van der Waals surface area contributed by atoms with Crippen LogP contribution in [0.5, 0.6) is 0 Å². The average Bonchev–Trinajstić information content (AvgIpc) is 2.91. The monoisotopic (exact) mass is 650 g/mol. The van der Waals surface area contributed by atoms with Crippen LogP contribution in [0.15, 0.2) is 0 Å². The molecule has 0 radical (unpaired) electrons. The van der Waals surface area contributed by atoms with Crippen LogP contribution in [0.4, 0.5) is 0 Å². The van der Waals surface area contributed by atoms with Crippen LogP contribution in [0.1, 0.15) is 0 Å². The molecule has 0 heterocycles. The lowest BCUT2D eigenvalue weighted by molar-refractivity contribution is -0.0271. The predicted octanol–water partition coefficient (Wildman–Crippen LogP) is 1.24. The summed E-state index contributed by atoms with van der Waals surface area (Å²) < 4.78 is 60.2. The van der Waals surface area contributed by atoms with Gasteiger partial charge in [0, 0.05) is 4.43 Å². The molecule has 220 valence electrons. The highest BCUT2D eigenvalue weighted by atomic mass is 127. The van der Waals surface area contributed by atoms with Crippen molar-refractivity contribution in [3.05, 3.63) is 0 Å². The van der Waals surface area contributed by atoms with Gasteiger partial charge in [0.2, 0.25) is 0 Å². The fourth-order valence-corrected chi connectivity index (χ4v) is 2.70. The fraction of sp³-hybridized carbons (Fsp3) is 0.920. The summed E-state index contributed by atoms with van der Waals surface area (Å²) in [4.78, 5) is 0. The van der Waals surface area contributed by atoms with Crippen molar-refractivity contribution in [2.45, 2.75) is 0 Å². The number of hydrogen-bond donors (Lipinski definition) is 0. The number of hydrogen-bond acceptors (Lipinski definition) is 11. The van der Waals surface area contributed by atoms with E-state index in [1.807, 2.05) is 0 Å². The van der Waals surface area contributed by atoms with Crippen molar-refractivity contribution in [1.82, 2.24) is 0 Å². The molecule has 0 N–H and O–H groups in total. The van der Waals surface area contributed by atoms with Gasteiger partial charge in [-0.15, -0.1) is 6.42 Å². The Kier molecular flexibility index (Phi) is 35.7. The molecule has 0 aromatic heterocycles. The van der Waals surface area contributed by atoms with Crippen molar-refractivity contribution in [1.29, 1.82) is 0 Å². The first-order chi connectivity index (χ1) is 18.4. The van der Waals surface area contributed by atoms with Gasteiger partial charge in [-0.05, 0) is 0 Å². The van der Waals surface area contributed by atoms with Gasteiger partial charge < -0.3 is 52.1 Å². The minimum absolute atomic E-state index is 0.311. The minimum Gasteiger partial charge on any atom is -0.378 e. The molecule has 0 atom stereocenters. The van der Waals surface area contributed by atoms with Gasteiger partial charge >= 0.3 is 0 Å². The lowest BCUT2D eigenvalue weighted by Gasteiger charge is -2.09. The first-order valence-electron chi connectivity index (χ1n) is 12.8. The second-order valence-corrected chi connectivity index (χ2v) is 8.15. The normalized spacial score (nSPS) is 11.2. The van der Waals surface area contributed by atoms with Crippen molar-refractivity contribution in [3.8, 4) is 12.3 Å². The Hall–Kier alpha value is -0.150. The van der Waals surface area contributed by atoms with Crippen LogP contribution >= 0.6 is 22.6 Å². The van der Waals surface area contributed by atoms with E-state index in [9.17, 15) is 0 Å². The summed E-state index contributed by atoms with van der Waals surface area (Å²) in [6, 6.07) is 0. The van der Waals surface area contributed by atoms with E-state index in [0.29, 0.717) is 139 Å². The maximum Gasteiger partial charge on any atom is 0.107 e. The zero-order valence-electron chi connectivity index (χ0n) is 22.2. The van der Waals surface area contributed by atoms with Gasteiger partial charge in [-0.3, -0.25) is 0 Å². The van der Waals surface area contributed by atoms with Gasteiger partial charge in [0.25, 0.3) is 0 Å². The lowest BCUT2D eigenvalue weighted by atomic mass is 10.6. The molecule has 0 unspecified atom stereocenters. The van der Waals surface area contributed by atoms with Gasteiger partial charge in [0.05, 0.1) is 139 Å². The Bertz CT molecular complexity index is 455. The van der Waals surface area contributed by atoms with Gasteiger partial charge in [-0.1, -0.05) is 28.5 Å². The topological polar surface area (TPSA) is 102 Å². The Labute approximate surface area is 236 Å². The van der Waals surface area contributed by atoms with Gasteiger partial charge in [-0.2, -0.15) is 0 Å². The molecule has 0 saturated heterocycles. The largest absolute Gasteiger partial charge is 0.378 e. The Morgan fingerprint density at radius 1 is 0.324 bits per heavy atom. The molecular formula is C25H47IO11. The highest BCUT2D eigenvalue weighted by molar-refractivity contribution is 14.1. The van der Waals surface area contributed by atoms with Crippen LogP contribution in [0.2, 0.25) is 0 Å². The van der Waals surface area contributed by atoms with Crippen LogP contribution < -0.4 is 0 Å². The maximum atomic E-state index is 5.45. The molecule has 37 heavy (non-hydrogen) atoms. The van der Waals surface area contributed by atoms with E-state index in [1.165, 1.54) is 0 Å². The highest BCUT2D eigenvalue weighted by Gasteiger charge is 1.96. The molecule has 0 aliphatic carbocycles. The quantitative estimate of drug-likeness (QED) is 0.0444. The summed E-state index contributed by atoms with van der Waals surface area (Å²) in [5, 5.41) is 0. The molecule has 0 spiro atoms. The first-order valence-corrected chi connectivity index (χ1v) is 14.3. The van der Waals surface area contributed by atoms with E-state index in [-0.39, 0.29) is 0 Å². The third-order valence-corrected chi connectivity index (χ3v) is 4.57. The van der Waals surface area contributed by atoms with Gasteiger partial charge in [0.15, 0.2) is 0 Å². The Balaban J connectivity index is 3.01. The average molecular weight is 651 g/mol. The van der Waals surface area contributed by atoms with Crippen molar-refractivity contribution >= 4 is 22.6 Å². The molecule has 0 fully saturated rings. The smallest absolute Gasteiger partial charge is 0.107 e. The fourth-order valence-electron chi connectivity index (χ4n) is 2.38. The van der Waals surface area contributed by atoms with Crippen molar-refractivity contribution in [2.75, 3.05) is 150 Å². The van der Waals surface area contributed by atoms with Crippen molar-refractivity contribution < 1.29 is 52.1 Å². The minimum atomic E-state index is 0.311. The standard InChI is InChI=1S/C25H47IO11/c1-2-4-27-6-8-29-10-12-31-14-16-33-18-20-35-22-24-37-25-23-36-21-19-34-17-15-32-13-11-30-9-7-28-5-3-26/h1H,3-25H2. The van der Waals surface area contributed by atoms with Crippen LogP contribution in [-0.4, -0.2) is 150 Å². The second kappa shape index (κ2) is 35.9. The van der Waals surface area contributed by atoms with E-state index in [2.05, 4.69) is 28.5 Å². The predicted molar refractivity (Wildman–Crippen MR) is 147 cm³/mol. The van der Waals surface area contributed by atoms with Crippen LogP contribution in [-0.2, 0) is 52.1 Å². The van der Waals surface area contributed by atoms with Crippen LogP contribution in [0.3, 0.4) is 0 Å². The number of terminal acetylenes is 1. The molecule has 11 nitrogen and oxygen atoms in total. The Morgan fingerprint density at radius 2 is 0.514 bits per heavy atom. The first kappa shape index (κ1) is 36.8. The van der Waals surface area contributed by atoms with E-state index in [4.69, 9.17) is 58.5 Å². The molecule has 0 saturated carbocycles. The molecular weight excluding hydrogens is 603 g/mol. The zero-order chi connectivity index (χ0) is 26.7. The summed E-state index contributed by atoms with van der Waals surface area (Å²) in [6.45, 7) is 11.7. The summed E-state index contributed by atoms with van der Waals surface area (Å²) in [5.41, 5.74) is 0. The van der Waals surface area contributed by atoms with E-state index in [0.717, 1.165) is 11.0 Å². The second-order valence-electron chi connectivity index (χ2n) is 7.07. The van der Waals surface area contributed by atoms with E-state index >= 15 is 0 Å². The highest BCUT2D eigenvalue weighted by Crippen LogP contribution is 1.87.